The number of fused-ring (bicyclic) bond motifs is 1. The van der Waals surface area contributed by atoms with E-state index in [2.05, 4.69) is 0 Å². The van der Waals surface area contributed by atoms with Crippen LogP contribution in [0.2, 0.25) is 0 Å². The fourth-order valence-corrected chi connectivity index (χ4v) is 1.65. The van der Waals surface area contributed by atoms with Crippen LogP contribution in [0.4, 0.5) is 10.1 Å². The number of halogens is 1. The van der Waals surface area contributed by atoms with Gasteiger partial charge in [-0.25, -0.2) is 4.39 Å². The maximum absolute atomic E-state index is 13.3. The van der Waals surface area contributed by atoms with Crippen molar-refractivity contribution < 1.29 is 9.13 Å². The SMILES string of the molecule is Cc1ccc(F)c2c1N(C)CCO2. The largest absolute Gasteiger partial charge is 0.486 e. The van der Waals surface area contributed by atoms with E-state index >= 15 is 0 Å². The summed E-state index contributed by atoms with van der Waals surface area (Å²) in [6, 6.07) is 3.23. The summed E-state index contributed by atoms with van der Waals surface area (Å²) in [7, 11) is 1.95. The van der Waals surface area contributed by atoms with Crippen LogP contribution in [0, 0.1) is 12.7 Å². The standard InChI is InChI=1S/C10H12FNO/c1-7-3-4-8(11)10-9(7)12(2)5-6-13-10/h3-4H,5-6H2,1-2H3. The minimum absolute atomic E-state index is 0.271. The smallest absolute Gasteiger partial charge is 0.178 e. The number of rotatable bonds is 0. The fourth-order valence-electron chi connectivity index (χ4n) is 1.65. The highest BCUT2D eigenvalue weighted by Gasteiger charge is 2.20. The van der Waals surface area contributed by atoms with Crippen molar-refractivity contribution in [1.29, 1.82) is 0 Å². The molecule has 1 heterocycles. The van der Waals surface area contributed by atoms with Gasteiger partial charge < -0.3 is 9.64 Å². The number of hydrogen-bond donors (Lipinski definition) is 0. The molecule has 0 fully saturated rings. The van der Waals surface area contributed by atoms with E-state index in [-0.39, 0.29) is 5.82 Å². The summed E-state index contributed by atoms with van der Waals surface area (Å²) in [6.45, 7) is 3.34. The van der Waals surface area contributed by atoms with E-state index in [0.29, 0.717) is 12.4 Å². The molecule has 2 rings (SSSR count). The zero-order valence-electron chi connectivity index (χ0n) is 7.80. The predicted octanol–water partition coefficient (Wildman–Crippen LogP) is 1.96. The van der Waals surface area contributed by atoms with Crippen LogP contribution in [0.5, 0.6) is 5.75 Å². The summed E-state index contributed by atoms with van der Waals surface area (Å²) in [5.74, 6) is 0.126. The van der Waals surface area contributed by atoms with Crippen LogP contribution in [0.15, 0.2) is 12.1 Å². The molecule has 0 bridgehead atoms. The lowest BCUT2D eigenvalue weighted by Gasteiger charge is -2.29. The Hall–Kier alpha value is -1.25. The van der Waals surface area contributed by atoms with Gasteiger partial charge in [-0.15, -0.1) is 0 Å². The number of hydrogen-bond acceptors (Lipinski definition) is 2. The van der Waals surface area contributed by atoms with Gasteiger partial charge in [0.15, 0.2) is 11.6 Å². The molecule has 0 radical (unpaired) electrons. The zero-order chi connectivity index (χ0) is 9.42. The van der Waals surface area contributed by atoms with E-state index in [9.17, 15) is 4.39 Å². The molecule has 0 amide bonds. The topological polar surface area (TPSA) is 12.5 Å². The molecular weight excluding hydrogens is 169 g/mol. The van der Waals surface area contributed by atoms with E-state index in [1.165, 1.54) is 6.07 Å². The van der Waals surface area contributed by atoms with Gasteiger partial charge in [-0.05, 0) is 18.6 Å². The summed E-state index contributed by atoms with van der Waals surface area (Å²) < 4.78 is 18.6. The zero-order valence-corrected chi connectivity index (χ0v) is 7.80. The second kappa shape index (κ2) is 2.91. The van der Waals surface area contributed by atoms with Gasteiger partial charge in [-0.3, -0.25) is 0 Å². The number of anilines is 1. The molecule has 0 unspecified atom stereocenters. The van der Waals surface area contributed by atoms with Crippen molar-refractivity contribution in [1.82, 2.24) is 0 Å². The quantitative estimate of drug-likeness (QED) is 0.606. The number of benzene rings is 1. The Morgan fingerprint density at radius 3 is 2.92 bits per heavy atom. The second-order valence-corrected chi connectivity index (χ2v) is 3.31. The van der Waals surface area contributed by atoms with E-state index in [0.717, 1.165) is 17.8 Å². The van der Waals surface area contributed by atoms with E-state index in [1.54, 1.807) is 6.07 Å². The molecule has 1 aromatic rings. The van der Waals surface area contributed by atoms with Crippen molar-refractivity contribution in [3.63, 3.8) is 0 Å². The number of nitrogens with zero attached hydrogens (tertiary/aromatic N) is 1. The highest BCUT2D eigenvalue weighted by molar-refractivity contribution is 5.64. The minimum atomic E-state index is -0.271. The monoisotopic (exact) mass is 181 g/mol. The van der Waals surface area contributed by atoms with Crippen molar-refractivity contribution in [2.45, 2.75) is 6.92 Å². The van der Waals surface area contributed by atoms with E-state index in [4.69, 9.17) is 4.74 Å². The Morgan fingerprint density at radius 1 is 1.46 bits per heavy atom. The third-order valence-corrected chi connectivity index (χ3v) is 2.34. The highest BCUT2D eigenvalue weighted by atomic mass is 19.1. The van der Waals surface area contributed by atoms with Crippen LogP contribution in [0.1, 0.15) is 5.56 Å². The molecule has 0 saturated carbocycles. The van der Waals surface area contributed by atoms with Gasteiger partial charge in [0.05, 0.1) is 12.2 Å². The first kappa shape index (κ1) is 8.35. The lowest BCUT2D eigenvalue weighted by Crippen LogP contribution is -2.30. The Balaban J connectivity index is 2.60. The maximum atomic E-state index is 13.3. The third-order valence-electron chi connectivity index (χ3n) is 2.34. The van der Waals surface area contributed by atoms with Crippen molar-refractivity contribution in [2.24, 2.45) is 0 Å². The average molecular weight is 181 g/mol. The summed E-state index contributed by atoms with van der Waals surface area (Å²) in [5.41, 5.74) is 1.94. The van der Waals surface area contributed by atoms with Crippen LogP contribution in [0.25, 0.3) is 0 Å². The fraction of sp³-hybridized carbons (Fsp3) is 0.400. The van der Waals surface area contributed by atoms with Gasteiger partial charge in [0, 0.05) is 7.05 Å². The molecule has 1 aliphatic rings. The van der Waals surface area contributed by atoms with Crippen LogP contribution in [0.3, 0.4) is 0 Å². The van der Waals surface area contributed by atoms with Gasteiger partial charge in [0.2, 0.25) is 0 Å². The van der Waals surface area contributed by atoms with Crippen LogP contribution >= 0.6 is 0 Å². The van der Waals surface area contributed by atoms with Gasteiger partial charge in [-0.1, -0.05) is 6.07 Å². The number of likely N-dealkylation sites (N-methyl/N-ethyl adjacent to an activating group) is 1. The Bertz CT molecular complexity index is 338. The van der Waals surface area contributed by atoms with Crippen LogP contribution < -0.4 is 9.64 Å². The molecule has 70 valence electrons. The molecule has 0 aliphatic carbocycles. The summed E-state index contributed by atoms with van der Waals surface area (Å²) in [4.78, 5) is 2.03. The summed E-state index contributed by atoms with van der Waals surface area (Å²) in [5, 5.41) is 0. The second-order valence-electron chi connectivity index (χ2n) is 3.31. The van der Waals surface area contributed by atoms with Gasteiger partial charge >= 0.3 is 0 Å². The van der Waals surface area contributed by atoms with Crippen molar-refractivity contribution >= 4 is 5.69 Å². The Labute approximate surface area is 76.9 Å². The average Bonchev–Trinajstić information content (AvgIpc) is 2.12. The molecule has 0 spiro atoms. The summed E-state index contributed by atoms with van der Waals surface area (Å²) in [6.07, 6.45) is 0. The Kier molecular flexibility index (Phi) is 1.87. The lowest BCUT2D eigenvalue weighted by molar-refractivity contribution is 0.294. The molecule has 0 aromatic heterocycles. The molecule has 13 heavy (non-hydrogen) atoms. The minimum Gasteiger partial charge on any atom is -0.486 e. The van der Waals surface area contributed by atoms with Gasteiger partial charge in [0.25, 0.3) is 0 Å². The highest BCUT2D eigenvalue weighted by Crippen LogP contribution is 2.35. The normalized spacial score (nSPS) is 15.2. The van der Waals surface area contributed by atoms with Gasteiger partial charge in [0.1, 0.15) is 6.61 Å². The molecule has 0 N–H and O–H groups in total. The van der Waals surface area contributed by atoms with Crippen molar-refractivity contribution in [3.8, 4) is 5.75 Å². The molecule has 3 heteroatoms. The number of aryl methyl sites for hydroxylation is 1. The first-order chi connectivity index (χ1) is 6.20. The maximum Gasteiger partial charge on any atom is 0.178 e. The van der Waals surface area contributed by atoms with E-state index in [1.807, 2.05) is 18.9 Å². The molecule has 0 saturated heterocycles. The lowest BCUT2D eigenvalue weighted by atomic mass is 10.1. The van der Waals surface area contributed by atoms with Crippen molar-refractivity contribution in [3.05, 3.63) is 23.5 Å². The van der Waals surface area contributed by atoms with Crippen LogP contribution in [-0.2, 0) is 0 Å². The first-order valence-corrected chi connectivity index (χ1v) is 4.33. The van der Waals surface area contributed by atoms with E-state index < -0.39 is 0 Å². The molecule has 0 atom stereocenters. The third kappa shape index (κ3) is 1.24. The molecule has 1 aromatic carbocycles. The first-order valence-electron chi connectivity index (χ1n) is 4.33. The number of ether oxygens (including phenoxy) is 1. The molecule has 1 aliphatic heterocycles. The van der Waals surface area contributed by atoms with Crippen LogP contribution in [-0.4, -0.2) is 20.2 Å². The molecular formula is C10H12FNO. The summed E-state index contributed by atoms with van der Waals surface area (Å²) >= 11 is 0. The Morgan fingerprint density at radius 2 is 2.23 bits per heavy atom. The predicted molar refractivity (Wildman–Crippen MR) is 49.9 cm³/mol. The van der Waals surface area contributed by atoms with Crippen molar-refractivity contribution in [2.75, 3.05) is 25.1 Å². The van der Waals surface area contributed by atoms with Gasteiger partial charge in [-0.2, -0.15) is 0 Å². The molecule has 2 nitrogen and oxygen atoms in total.